The number of halogens is 1. The van der Waals surface area contributed by atoms with Crippen LogP contribution in [0.25, 0.3) is 10.9 Å². The number of nitrogens with zero attached hydrogens (tertiary/aromatic N) is 1. The highest BCUT2D eigenvalue weighted by atomic mass is 35.5. The summed E-state index contributed by atoms with van der Waals surface area (Å²) >= 11 is 6.06. The van der Waals surface area contributed by atoms with Crippen LogP contribution in [0.2, 0.25) is 5.02 Å². The number of fused-ring (bicyclic) bond motifs is 1. The third-order valence-electron chi connectivity index (χ3n) is 3.80. The number of aryl methyl sites for hydroxylation is 1. The molecular weight excluding hydrogens is 232 g/mol. The molecule has 2 heterocycles. The summed E-state index contributed by atoms with van der Waals surface area (Å²) in [5.74, 6) is 0.687. The zero-order chi connectivity index (χ0) is 11.8. The molecule has 1 saturated heterocycles. The number of nitrogens with one attached hydrogen (secondary N) is 1. The maximum absolute atomic E-state index is 6.06. The van der Waals surface area contributed by atoms with Crippen LogP contribution in [-0.2, 0) is 7.05 Å². The van der Waals surface area contributed by atoms with E-state index in [1.54, 1.807) is 0 Å². The maximum Gasteiger partial charge on any atom is 0.0494 e. The lowest BCUT2D eigenvalue weighted by Crippen LogP contribution is -2.27. The summed E-state index contributed by atoms with van der Waals surface area (Å²) in [6.07, 6.45) is 2.47. The summed E-state index contributed by atoms with van der Waals surface area (Å²) < 4.78 is 2.30. The van der Waals surface area contributed by atoms with Crippen molar-refractivity contribution in [1.29, 1.82) is 0 Å². The van der Waals surface area contributed by atoms with Crippen molar-refractivity contribution in [3.63, 3.8) is 0 Å². The van der Waals surface area contributed by atoms with Crippen LogP contribution in [0.15, 0.2) is 24.3 Å². The minimum absolute atomic E-state index is 0.687. The molecule has 2 nitrogen and oxygen atoms in total. The summed E-state index contributed by atoms with van der Waals surface area (Å²) in [6.45, 7) is 2.26. The average Bonchev–Trinajstić information content (AvgIpc) is 2.68. The molecule has 90 valence electrons. The van der Waals surface area contributed by atoms with Gasteiger partial charge in [0.1, 0.15) is 0 Å². The number of hydrogen-bond acceptors (Lipinski definition) is 1. The lowest BCUT2D eigenvalue weighted by atomic mass is 9.94. The molecule has 1 aliphatic rings. The van der Waals surface area contributed by atoms with Gasteiger partial charge < -0.3 is 9.88 Å². The maximum atomic E-state index is 6.06. The molecule has 1 aromatic carbocycles. The molecule has 0 amide bonds. The second kappa shape index (κ2) is 4.35. The lowest BCUT2D eigenvalue weighted by molar-refractivity contribution is 0.447. The van der Waals surface area contributed by atoms with Gasteiger partial charge in [0.05, 0.1) is 0 Å². The summed E-state index contributed by atoms with van der Waals surface area (Å²) in [4.78, 5) is 0. The molecule has 0 radical (unpaired) electrons. The highest BCUT2D eigenvalue weighted by Gasteiger charge is 2.19. The highest BCUT2D eigenvalue weighted by Crippen LogP contribution is 2.31. The Bertz CT molecular complexity index is 538. The number of piperidine rings is 1. The molecule has 0 spiro atoms. The molecule has 1 N–H and O–H groups in total. The Balaban J connectivity index is 2.07. The van der Waals surface area contributed by atoms with Gasteiger partial charge >= 0.3 is 0 Å². The van der Waals surface area contributed by atoms with Crippen molar-refractivity contribution in [3.05, 3.63) is 35.0 Å². The quantitative estimate of drug-likeness (QED) is 0.820. The third kappa shape index (κ3) is 1.96. The average molecular weight is 249 g/mol. The molecule has 0 saturated carbocycles. The van der Waals surface area contributed by atoms with Gasteiger partial charge in [0.2, 0.25) is 0 Å². The molecule has 2 aromatic rings. The Hall–Kier alpha value is -0.990. The van der Waals surface area contributed by atoms with Crippen molar-refractivity contribution < 1.29 is 0 Å². The fourth-order valence-electron chi connectivity index (χ4n) is 2.83. The smallest absolute Gasteiger partial charge is 0.0494 e. The molecule has 0 unspecified atom stereocenters. The van der Waals surface area contributed by atoms with Gasteiger partial charge in [-0.2, -0.15) is 0 Å². The Kier molecular flexibility index (Phi) is 2.85. The van der Waals surface area contributed by atoms with Crippen molar-refractivity contribution in [2.75, 3.05) is 13.1 Å². The third-order valence-corrected chi connectivity index (χ3v) is 4.04. The van der Waals surface area contributed by atoms with Crippen LogP contribution in [0.1, 0.15) is 24.5 Å². The second-order valence-electron chi connectivity index (χ2n) is 4.86. The minimum Gasteiger partial charge on any atom is -0.347 e. The van der Waals surface area contributed by atoms with E-state index in [2.05, 4.69) is 35.1 Å². The largest absolute Gasteiger partial charge is 0.347 e. The molecule has 0 bridgehead atoms. The molecule has 1 aliphatic heterocycles. The predicted octanol–water partition coefficient (Wildman–Crippen LogP) is 3.30. The van der Waals surface area contributed by atoms with Crippen LogP contribution in [0.4, 0.5) is 0 Å². The fourth-order valence-corrected chi connectivity index (χ4v) is 3.00. The SMILES string of the molecule is Cn1c(C2CCNCC2)cc2ccc(Cl)cc21. The van der Waals surface area contributed by atoms with Crippen molar-refractivity contribution in [3.8, 4) is 0 Å². The van der Waals surface area contributed by atoms with Crippen molar-refractivity contribution >= 4 is 22.5 Å². The van der Waals surface area contributed by atoms with Gasteiger partial charge in [-0.15, -0.1) is 0 Å². The first kappa shape index (κ1) is 11.1. The molecule has 3 rings (SSSR count). The standard InChI is InChI=1S/C14H17ClN2/c1-17-13(10-4-6-16-7-5-10)8-11-2-3-12(15)9-14(11)17/h2-3,8-10,16H,4-7H2,1H3. The van der Waals surface area contributed by atoms with Crippen LogP contribution in [0.5, 0.6) is 0 Å². The number of aromatic nitrogens is 1. The van der Waals surface area contributed by atoms with Gasteiger partial charge in [-0.1, -0.05) is 17.7 Å². The van der Waals surface area contributed by atoms with Crippen LogP contribution < -0.4 is 5.32 Å². The van der Waals surface area contributed by atoms with Gasteiger partial charge in [-0.05, 0) is 49.5 Å². The van der Waals surface area contributed by atoms with Crippen molar-refractivity contribution in [2.24, 2.45) is 7.05 Å². The number of benzene rings is 1. The molecule has 0 atom stereocenters. The number of hydrogen-bond donors (Lipinski definition) is 1. The van der Waals surface area contributed by atoms with E-state index in [1.807, 2.05) is 6.07 Å². The van der Waals surface area contributed by atoms with Crippen LogP contribution in [-0.4, -0.2) is 17.7 Å². The predicted molar refractivity (Wildman–Crippen MR) is 72.8 cm³/mol. The van der Waals surface area contributed by atoms with Gasteiger partial charge in [0.25, 0.3) is 0 Å². The molecule has 1 fully saturated rings. The first-order valence-electron chi connectivity index (χ1n) is 6.21. The summed E-state index contributed by atoms with van der Waals surface area (Å²) in [6, 6.07) is 8.46. The highest BCUT2D eigenvalue weighted by molar-refractivity contribution is 6.31. The molecule has 1 aromatic heterocycles. The zero-order valence-corrected chi connectivity index (χ0v) is 10.8. The van der Waals surface area contributed by atoms with E-state index in [0.717, 1.165) is 18.1 Å². The van der Waals surface area contributed by atoms with Crippen molar-refractivity contribution in [2.45, 2.75) is 18.8 Å². The first-order valence-corrected chi connectivity index (χ1v) is 6.59. The van der Waals surface area contributed by atoms with E-state index in [0.29, 0.717) is 5.92 Å². The van der Waals surface area contributed by atoms with Crippen molar-refractivity contribution in [1.82, 2.24) is 9.88 Å². The van der Waals surface area contributed by atoms with Gasteiger partial charge in [-0.3, -0.25) is 0 Å². The van der Waals surface area contributed by atoms with E-state index in [4.69, 9.17) is 11.6 Å². The van der Waals surface area contributed by atoms with E-state index in [9.17, 15) is 0 Å². The van der Waals surface area contributed by atoms with E-state index in [1.165, 1.54) is 29.4 Å². The van der Waals surface area contributed by atoms with Crippen LogP contribution in [0, 0.1) is 0 Å². The zero-order valence-electron chi connectivity index (χ0n) is 10.0. The molecule has 17 heavy (non-hydrogen) atoms. The topological polar surface area (TPSA) is 17.0 Å². The Morgan fingerprint density at radius 2 is 2.00 bits per heavy atom. The van der Waals surface area contributed by atoms with Gasteiger partial charge in [0, 0.05) is 29.2 Å². The summed E-state index contributed by atoms with van der Waals surface area (Å²) in [5, 5.41) is 5.53. The van der Waals surface area contributed by atoms with E-state index < -0.39 is 0 Å². The lowest BCUT2D eigenvalue weighted by Gasteiger charge is -2.23. The summed E-state index contributed by atoms with van der Waals surface area (Å²) in [5.41, 5.74) is 2.69. The normalized spacial score (nSPS) is 17.8. The first-order chi connectivity index (χ1) is 8.25. The van der Waals surface area contributed by atoms with E-state index in [-0.39, 0.29) is 0 Å². The molecule has 3 heteroatoms. The van der Waals surface area contributed by atoms with Gasteiger partial charge in [0.15, 0.2) is 0 Å². The molecular formula is C14H17ClN2. The molecule has 0 aliphatic carbocycles. The number of rotatable bonds is 1. The Morgan fingerprint density at radius 3 is 2.76 bits per heavy atom. The van der Waals surface area contributed by atoms with E-state index >= 15 is 0 Å². The van der Waals surface area contributed by atoms with Crippen LogP contribution >= 0.6 is 11.6 Å². The summed E-state index contributed by atoms with van der Waals surface area (Å²) in [7, 11) is 2.15. The monoisotopic (exact) mass is 248 g/mol. The van der Waals surface area contributed by atoms with Crippen LogP contribution in [0.3, 0.4) is 0 Å². The Morgan fingerprint density at radius 1 is 1.24 bits per heavy atom. The second-order valence-corrected chi connectivity index (χ2v) is 5.29. The minimum atomic E-state index is 0.687. The van der Waals surface area contributed by atoms with Gasteiger partial charge in [-0.25, -0.2) is 0 Å². The fraction of sp³-hybridized carbons (Fsp3) is 0.429. The Labute approximate surface area is 107 Å².